The average Bonchev–Trinajstić information content (AvgIpc) is 2.85. The summed E-state index contributed by atoms with van der Waals surface area (Å²) >= 11 is 7.95. The summed E-state index contributed by atoms with van der Waals surface area (Å²) in [5, 5.41) is 6.12. The van der Waals surface area contributed by atoms with Gasteiger partial charge < -0.3 is 5.32 Å². The molecule has 0 radical (unpaired) electrons. The summed E-state index contributed by atoms with van der Waals surface area (Å²) in [6.45, 7) is 0. The molecule has 0 aliphatic heterocycles. The second-order valence-electron chi connectivity index (χ2n) is 3.83. The molecule has 1 atom stereocenters. The summed E-state index contributed by atoms with van der Waals surface area (Å²) in [7, 11) is 1.95. The van der Waals surface area contributed by atoms with Crippen molar-refractivity contribution in [2.75, 3.05) is 7.05 Å². The number of thiophene rings is 1. The number of hydrogen-bond donors (Lipinski definition) is 1. The molecule has 0 aromatic carbocycles. The van der Waals surface area contributed by atoms with Crippen LogP contribution in [0.15, 0.2) is 35.8 Å². The van der Waals surface area contributed by atoms with Gasteiger partial charge in [0.1, 0.15) is 0 Å². The van der Waals surface area contributed by atoms with Crippen molar-refractivity contribution in [3.63, 3.8) is 0 Å². The highest BCUT2D eigenvalue weighted by Gasteiger charge is 2.14. The number of aromatic nitrogens is 1. The van der Waals surface area contributed by atoms with Crippen molar-refractivity contribution < 1.29 is 0 Å². The van der Waals surface area contributed by atoms with E-state index in [0.29, 0.717) is 0 Å². The summed E-state index contributed by atoms with van der Waals surface area (Å²) in [6.07, 6.45) is 3.85. The van der Waals surface area contributed by atoms with E-state index in [9.17, 15) is 0 Å². The molecule has 0 fully saturated rings. The fourth-order valence-corrected chi connectivity index (χ4v) is 2.79. The van der Waals surface area contributed by atoms with Crippen molar-refractivity contribution in [1.29, 1.82) is 0 Å². The van der Waals surface area contributed by atoms with Gasteiger partial charge in [-0.2, -0.15) is 0 Å². The Bertz CT molecular complexity index is 456. The van der Waals surface area contributed by atoms with Crippen LogP contribution in [0.1, 0.15) is 23.0 Å². The van der Waals surface area contributed by atoms with Gasteiger partial charge in [0.15, 0.2) is 0 Å². The van der Waals surface area contributed by atoms with Crippen molar-refractivity contribution in [3.05, 3.63) is 51.4 Å². The molecular weight excluding hydrogens is 252 g/mol. The van der Waals surface area contributed by atoms with E-state index in [4.69, 9.17) is 11.6 Å². The second kappa shape index (κ2) is 6.15. The van der Waals surface area contributed by atoms with Crippen LogP contribution in [0.3, 0.4) is 0 Å². The molecule has 2 aromatic heterocycles. The highest BCUT2D eigenvalue weighted by Crippen LogP contribution is 2.24. The number of hydrogen-bond acceptors (Lipinski definition) is 3. The predicted molar refractivity (Wildman–Crippen MR) is 73.7 cm³/mol. The van der Waals surface area contributed by atoms with Gasteiger partial charge >= 0.3 is 0 Å². The molecule has 0 saturated carbocycles. The highest BCUT2D eigenvalue weighted by atomic mass is 35.5. The van der Waals surface area contributed by atoms with Crippen molar-refractivity contribution in [1.82, 2.24) is 10.3 Å². The lowest BCUT2D eigenvalue weighted by Crippen LogP contribution is -2.18. The topological polar surface area (TPSA) is 24.9 Å². The van der Waals surface area contributed by atoms with Gasteiger partial charge in [-0.15, -0.1) is 11.3 Å². The Balaban J connectivity index is 2.04. The van der Waals surface area contributed by atoms with E-state index in [-0.39, 0.29) is 6.04 Å². The van der Waals surface area contributed by atoms with E-state index in [2.05, 4.69) is 27.8 Å². The van der Waals surface area contributed by atoms with E-state index < -0.39 is 0 Å². The number of aryl methyl sites for hydroxylation is 1. The Morgan fingerprint density at radius 2 is 2.29 bits per heavy atom. The van der Waals surface area contributed by atoms with Crippen molar-refractivity contribution in [2.24, 2.45) is 0 Å². The van der Waals surface area contributed by atoms with Crippen LogP contribution in [0.2, 0.25) is 5.02 Å². The van der Waals surface area contributed by atoms with Gasteiger partial charge in [0, 0.05) is 11.1 Å². The minimum Gasteiger partial charge on any atom is -0.312 e. The van der Waals surface area contributed by atoms with Crippen LogP contribution in [0.25, 0.3) is 0 Å². The van der Waals surface area contributed by atoms with Crippen LogP contribution in [0.5, 0.6) is 0 Å². The van der Waals surface area contributed by atoms with Gasteiger partial charge in [0.05, 0.1) is 16.8 Å². The summed E-state index contributed by atoms with van der Waals surface area (Å²) < 4.78 is 0. The maximum absolute atomic E-state index is 6.16. The maximum atomic E-state index is 6.16. The summed E-state index contributed by atoms with van der Waals surface area (Å²) in [6, 6.07) is 8.21. The fraction of sp³-hybridized carbons (Fsp3) is 0.308. The number of rotatable bonds is 5. The van der Waals surface area contributed by atoms with Crippen LogP contribution >= 0.6 is 22.9 Å². The molecule has 2 aromatic rings. The minimum absolute atomic E-state index is 0.214. The SMILES string of the molecule is CNC(CCc1cccs1)c1ncccc1Cl. The van der Waals surface area contributed by atoms with Crippen molar-refractivity contribution >= 4 is 22.9 Å². The number of nitrogens with zero attached hydrogens (tertiary/aromatic N) is 1. The zero-order valence-corrected chi connectivity index (χ0v) is 11.3. The molecule has 90 valence electrons. The fourth-order valence-electron chi connectivity index (χ4n) is 1.81. The quantitative estimate of drug-likeness (QED) is 0.893. The Morgan fingerprint density at radius 3 is 2.94 bits per heavy atom. The van der Waals surface area contributed by atoms with E-state index in [1.54, 1.807) is 17.5 Å². The molecule has 1 N–H and O–H groups in total. The molecule has 2 rings (SSSR count). The standard InChI is InChI=1S/C13H15ClN2S/c1-15-12(7-6-10-4-3-9-17-10)13-11(14)5-2-8-16-13/h2-5,8-9,12,15H,6-7H2,1H3. The van der Waals surface area contributed by atoms with Gasteiger partial charge in [-0.3, -0.25) is 4.98 Å². The molecule has 0 bridgehead atoms. The normalized spacial score (nSPS) is 12.6. The van der Waals surface area contributed by atoms with Crippen LogP contribution in [0, 0.1) is 0 Å². The van der Waals surface area contributed by atoms with E-state index in [1.807, 2.05) is 19.2 Å². The first-order valence-electron chi connectivity index (χ1n) is 5.61. The highest BCUT2D eigenvalue weighted by molar-refractivity contribution is 7.09. The monoisotopic (exact) mass is 266 g/mol. The number of pyridine rings is 1. The lowest BCUT2D eigenvalue weighted by molar-refractivity contribution is 0.538. The third-order valence-electron chi connectivity index (χ3n) is 2.72. The molecule has 2 heterocycles. The molecular formula is C13H15ClN2S. The van der Waals surface area contributed by atoms with Crippen molar-refractivity contribution in [2.45, 2.75) is 18.9 Å². The Hall–Kier alpha value is -0.900. The molecule has 17 heavy (non-hydrogen) atoms. The second-order valence-corrected chi connectivity index (χ2v) is 5.27. The smallest absolute Gasteiger partial charge is 0.0758 e. The zero-order chi connectivity index (χ0) is 12.1. The van der Waals surface area contributed by atoms with Gasteiger partial charge in [0.25, 0.3) is 0 Å². The predicted octanol–water partition coefficient (Wildman–Crippen LogP) is 3.69. The minimum atomic E-state index is 0.214. The first-order valence-corrected chi connectivity index (χ1v) is 6.87. The van der Waals surface area contributed by atoms with E-state index >= 15 is 0 Å². The molecule has 0 aliphatic rings. The maximum Gasteiger partial charge on any atom is 0.0758 e. The van der Waals surface area contributed by atoms with Gasteiger partial charge in [-0.25, -0.2) is 0 Å². The van der Waals surface area contributed by atoms with Gasteiger partial charge in [0.2, 0.25) is 0 Å². The number of nitrogens with one attached hydrogen (secondary N) is 1. The summed E-state index contributed by atoms with van der Waals surface area (Å²) in [5.41, 5.74) is 0.938. The van der Waals surface area contributed by atoms with E-state index in [0.717, 1.165) is 23.6 Å². The van der Waals surface area contributed by atoms with Crippen molar-refractivity contribution in [3.8, 4) is 0 Å². The summed E-state index contributed by atoms with van der Waals surface area (Å²) in [5.74, 6) is 0. The summed E-state index contributed by atoms with van der Waals surface area (Å²) in [4.78, 5) is 5.76. The number of halogens is 1. The van der Waals surface area contributed by atoms with Gasteiger partial charge in [-0.05, 0) is 43.5 Å². The van der Waals surface area contributed by atoms with E-state index in [1.165, 1.54) is 4.88 Å². The Morgan fingerprint density at radius 1 is 1.41 bits per heavy atom. The third kappa shape index (κ3) is 3.28. The largest absolute Gasteiger partial charge is 0.312 e. The molecule has 1 unspecified atom stereocenters. The average molecular weight is 267 g/mol. The first kappa shape index (κ1) is 12.6. The van der Waals surface area contributed by atoms with Crippen LogP contribution in [-0.4, -0.2) is 12.0 Å². The molecule has 2 nitrogen and oxygen atoms in total. The lowest BCUT2D eigenvalue weighted by atomic mass is 10.1. The molecule has 0 saturated heterocycles. The molecule has 0 aliphatic carbocycles. The molecule has 4 heteroatoms. The Kier molecular flexibility index (Phi) is 4.54. The Labute approximate surface area is 111 Å². The molecule has 0 amide bonds. The molecule has 0 spiro atoms. The van der Waals surface area contributed by atoms with Crippen LogP contribution in [-0.2, 0) is 6.42 Å². The van der Waals surface area contributed by atoms with Crippen LogP contribution < -0.4 is 5.32 Å². The first-order chi connectivity index (χ1) is 8.31. The van der Waals surface area contributed by atoms with Crippen LogP contribution in [0.4, 0.5) is 0 Å². The third-order valence-corrected chi connectivity index (χ3v) is 3.98. The lowest BCUT2D eigenvalue weighted by Gasteiger charge is -2.16. The van der Waals surface area contributed by atoms with Gasteiger partial charge in [-0.1, -0.05) is 17.7 Å². The zero-order valence-electron chi connectivity index (χ0n) is 9.69.